The van der Waals surface area contributed by atoms with Gasteiger partial charge in [0.2, 0.25) is 0 Å². The highest BCUT2D eigenvalue weighted by Crippen LogP contribution is 2.30. The average Bonchev–Trinajstić information content (AvgIpc) is 2.24. The number of benzene rings is 1. The molecule has 2 heteroatoms. The Balaban J connectivity index is 1.82. The molecule has 94 valence electrons. The number of hydrogen-bond donors (Lipinski definition) is 1. The molecule has 1 N–H and O–H groups in total. The lowest BCUT2D eigenvalue weighted by molar-refractivity contribution is 0.259. The van der Waals surface area contributed by atoms with Crippen LogP contribution in [0.3, 0.4) is 0 Å². The van der Waals surface area contributed by atoms with Crippen LogP contribution < -0.4 is 5.32 Å². The van der Waals surface area contributed by atoms with Gasteiger partial charge < -0.3 is 5.32 Å². The van der Waals surface area contributed by atoms with Gasteiger partial charge in [0.1, 0.15) is 5.82 Å². The first-order valence-corrected chi connectivity index (χ1v) is 6.66. The molecule has 1 nitrogen and oxygen atoms in total. The number of hydrogen-bond acceptors (Lipinski definition) is 1. The number of halogens is 1. The molecule has 0 amide bonds. The molecule has 17 heavy (non-hydrogen) atoms. The van der Waals surface area contributed by atoms with Crippen molar-refractivity contribution in [1.82, 2.24) is 5.32 Å². The highest BCUT2D eigenvalue weighted by atomic mass is 19.1. The summed E-state index contributed by atoms with van der Waals surface area (Å²) in [5, 5.41) is 3.59. The van der Waals surface area contributed by atoms with Gasteiger partial charge in [0.15, 0.2) is 0 Å². The van der Waals surface area contributed by atoms with E-state index in [9.17, 15) is 4.39 Å². The van der Waals surface area contributed by atoms with Crippen LogP contribution in [0, 0.1) is 11.7 Å². The molecular weight excluding hydrogens is 213 g/mol. The first-order valence-electron chi connectivity index (χ1n) is 6.66. The van der Waals surface area contributed by atoms with Crippen molar-refractivity contribution in [2.45, 2.75) is 51.6 Å². The Morgan fingerprint density at radius 3 is 2.41 bits per heavy atom. The minimum Gasteiger partial charge on any atom is -0.308 e. The molecule has 0 radical (unpaired) electrons. The molecule has 0 spiro atoms. The standard InChI is InChI=1S/C15H22FN/c1-11(10-13-4-3-5-13)17-12(2)14-6-8-15(16)9-7-14/h6-9,11-13,17H,3-5,10H2,1-2H3/t11?,12-/m1/s1. The van der Waals surface area contributed by atoms with E-state index in [1.807, 2.05) is 12.1 Å². The molecule has 1 aliphatic carbocycles. The van der Waals surface area contributed by atoms with Crippen LogP contribution in [0.4, 0.5) is 4.39 Å². The Labute approximate surface area is 103 Å². The molecule has 1 aliphatic rings. The molecule has 2 atom stereocenters. The summed E-state index contributed by atoms with van der Waals surface area (Å²) in [6.07, 6.45) is 5.48. The van der Waals surface area contributed by atoms with E-state index in [0.717, 1.165) is 11.5 Å². The third kappa shape index (κ3) is 3.53. The van der Waals surface area contributed by atoms with E-state index < -0.39 is 0 Å². The smallest absolute Gasteiger partial charge is 0.123 e. The van der Waals surface area contributed by atoms with Crippen LogP contribution in [-0.4, -0.2) is 6.04 Å². The molecule has 0 bridgehead atoms. The van der Waals surface area contributed by atoms with Gasteiger partial charge in [-0.1, -0.05) is 31.4 Å². The summed E-state index contributed by atoms with van der Waals surface area (Å²) in [6, 6.07) is 7.63. The summed E-state index contributed by atoms with van der Waals surface area (Å²) < 4.78 is 12.8. The van der Waals surface area contributed by atoms with Crippen LogP contribution in [0.5, 0.6) is 0 Å². The Bertz CT molecular complexity index is 342. The molecule has 1 aromatic carbocycles. The van der Waals surface area contributed by atoms with Crippen molar-refractivity contribution in [2.75, 3.05) is 0 Å². The Morgan fingerprint density at radius 2 is 1.88 bits per heavy atom. The zero-order valence-corrected chi connectivity index (χ0v) is 10.7. The van der Waals surface area contributed by atoms with Crippen LogP contribution in [0.25, 0.3) is 0 Å². The first kappa shape index (κ1) is 12.6. The second-order valence-corrected chi connectivity index (χ2v) is 5.37. The molecule has 1 unspecified atom stereocenters. The number of nitrogens with one attached hydrogen (secondary N) is 1. The molecule has 0 aromatic heterocycles. The minimum absolute atomic E-state index is 0.163. The SMILES string of the molecule is CC(CC1CCC1)N[C@H](C)c1ccc(F)cc1. The molecule has 0 aliphatic heterocycles. The summed E-state index contributed by atoms with van der Waals surface area (Å²) in [6.45, 7) is 4.39. The Morgan fingerprint density at radius 1 is 1.24 bits per heavy atom. The fraction of sp³-hybridized carbons (Fsp3) is 0.600. The van der Waals surface area contributed by atoms with E-state index in [2.05, 4.69) is 19.2 Å². The van der Waals surface area contributed by atoms with E-state index in [1.165, 1.54) is 37.8 Å². The van der Waals surface area contributed by atoms with Crippen LogP contribution in [0.2, 0.25) is 0 Å². The highest BCUT2D eigenvalue weighted by molar-refractivity contribution is 5.19. The van der Waals surface area contributed by atoms with Crippen molar-refractivity contribution in [1.29, 1.82) is 0 Å². The van der Waals surface area contributed by atoms with Gasteiger partial charge in [-0.3, -0.25) is 0 Å². The maximum absolute atomic E-state index is 12.8. The van der Waals surface area contributed by atoms with Crippen molar-refractivity contribution < 1.29 is 4.39 Å². The average molecular weight is 235 g/mol. The lowest BCUT2D eigenvalue weighted by atomic mass is 9.81. The third-order valence-corrected chi connectivity index (χ3v) is 3.82. The van der Waals surface area contributed by atoms with E-state index in [-0.39, 0.29) is 5.82 Å². The first-order chi connectivity index (χ1) is 8.15. The second kappa shape index (κ2) is 5.63. The zero-order chi connectivity index (χ0) is 12.3. The Hall–Kier alpha value is -0.890. The normalized spacial score (nSPS) is 19.7. The maximum Gasteiger partial charge on any atom is 0.123 e. The topological polar surface area (TPSA) is 12.0 Å². The molecule has 1 fully saturated rings. The van der Waals surface area contributed by atoms with Gasteiger partial charge in [-0.25, -0.2) is 4.39 Å². The van der Waals surface area contributed by atoms with Gasteiger partial charge in [0.05, 0.1) is 0 Å². The van der Waals surface area contributed by atoms with Gasteiger partial charge in [0.25, 0.3) is 0 Å². The molecule has 0 saturated heterocycles. The number of rotatable bonds is 5. The van der Waals surface area contributed by atoms with Crippen molar-refractivity contribution in [3.05, 3.63) is 35.6 Å². The van der Waals surface area contributed by atoms with Crippen molar-refractivity contribution >= 4 is 0 Å². The summed E-state index contributed by atoms with van der Waals surface area (Å²) in [4.78, 5) is 0. The summed E-state index contributed by atoms with van der Waals surface area (Å²) in [7, 11) is 0. The molecule has 1 saturated carbocycles. The predicted molar refractivity (Wildman–Crippen MR) is 69.4 cm³/mol. The summed E-state index contributed by atoms with van der Waals surface area (Å²) in [5.74, 6) is 0.765. The molecule has 0 heterocycles. The van der Waals surface area contributed by atoms with Gasteiger partial charge in [-0.15, -0.1) is 0 Å². The predicted octanol–water partition coefficient (Wildman–Crippen LogP) is 4.06. The van der Waals surface area contributed by atoms with Crippen molar-refractivity contribution in [3.63, 3.8) is 0 Å². The molecule has 2 rings (SSSR count). The largest absolute Gasteiger partial charge is 0.308 e. The van der Waals surface area contributed by atoms with E-state index in [4.69, 9.17) is 0 Å². The second-order valence-electron chi connectivity index (χ2n) is 5.37. The van der Waals surface area contributed by atoms with E-state index in [1.54, 1.807) is 0 Å². The summed E-state index contributed by atoms with van der Waals surface area (Å²) >= 11 is 0. The molecule has 1 aromatic rings. The monoisotopic (exact) mass is 235 g/mol. The van der Waals surface area contributed by atoms with Crippen LogP contribution in [-0.2, 0) is 0 Å². The molecular formula is C15H22FN. The van der Waals surface area contributed by atoms with Gasteiger partial charge >= 0.3 is 0 Å². The maximum atomic E-state index is 12.8. The minimum atomic E-state index is -0.163. The lowest BCUT2D eigenvalue weighted by Crippen LogP contribution is -2.32. The van der Waals surface area contributed by atoms with Gasteiger partial charge in [0, 0.05) is 12.1 Å². The summed E-state index contributed by atoms with van der Waals surface area (Å²) in [5.41, 5.74) is 1.16. The Kier molecular flexibility index (Phi) is 4.16. The van der Waals surface area contributed by atoms with Crippen molar-refractivity contribution in [2.24, 2.45) is 5.92 Å². The third-order valence-electron chi connectivity index (χ3n) is 3.82. The van der Waals surface area contributed by atoms with Crippen molar-refractivity contribution in [3.8, 4) is 0 Å². The van der Waals surface area contributed by atoms with E-state index >= 15 is 0 Å². The zero-order valence-electron chi connectivity index (χ0n) is 10.7. The van der Waals surface area contributed by atoms with Gasteiger partial charge in [-0.05, 0) is 43.9 Å². The van der Waals surface area contributed by atoms with Crippen LogP contribution in [0.15, 0.2) is 24.3 Å². The fourth-order valence-corrected chi connectivity index (χ4v) is 2.57. The quantitative estimate of drug-likeness (QED) is 0.811. The van der Waals surface area contributed by atoms with Crippen LogP contribution >= 0.6 is 0 Å². The van der Waals surface area contributed by atoms with Gasteiger partial charge in [-0.2, -0.15) is 0 Å². The fourth-order valence-electron chi connectivity index (χ4n) is 2.57. The highest BCUT2D eigenvalue weighted by Gasteiger charge is 2.20. The van der Waals surface area contributed by atoms with Crippen LogP contribution in [0.1, 0.15) is 51.1 Å². The van der Waals surface area contributed by atoms with E-state index in [0.29, 0.717) is 12.1 Å². The lowest BCUT2D eigenvalue weighted by Gasteiger charge is -2.30.